The number of amides is 1. The molecule has 0 saturated heterocycles. The summed E-state index contributed by atoms with van der Waals surface area (Å²) in [4.78, 5) is 11.9. The van der Waals surface area contributed by atoms with Crippen molar-refractivity contribution in [2.24, 2.45) is 0 Å². The number of thioether (sulfide) groups is 1. The molecule has 0 radical (unpaired) electrons. The van der Waals surface area contributed by atoms with E-state index >= 15 is 0 Å². The van der Waals surface area contributed by atoms with Gasteiger partial charge in [-0.25, -0.2) is 0 Å². The fourth-order valence-electron chi connectivity index (χ4n) is 1.64. The summed E-state index contributed by atoms with van der Waals surface area (Å²) < 4.78 is 1.04. The topological polar surface area (TPSA) is 29.1 Å². The molecule has 0 aliphatic rings. The second kappa shape index (κ2) is 8.59. The number of carbonyl (C=O) groups is 1. The minimum Gasteiger partial charge on any atom is -0.352 e. The summed E-state index contributed by atoms with van der Waals surface area (Å²) in [5.74, 6) is 1.23. The summed E-state index contributed by atoms with van der Waals surface area (Å²) in [6.45, 7) is 2.76. The Bertz CT molecular complexity index is 395. The molecule has 0 aliphatic heterocycles. The highest BCUT2D eigenvalue weighted by atomic mass is 79.9. The molecule has 0 saturated carbocycles. The third-order valence-electron chi connectivity index (χ3n) is 2.73. The van der Waals surface area contributed by atoms with Gasteiger partial charge in [0, 0.05) is 16.6 Å². The van der Waals surface area contributed by atoms with Crippen molar-refractivity contribution in [3.63, 3.8) is 0 Å². The zero-order valence-electron chi connectivity index (χ0n) is 11.0. The molecule has 0 aliphatic carbocycles. The highest BCUT2D eigenvalue weighted by molar-refractivity contribution is 9.10. The van der Waals surface area contributed by atoms with Gasteiger partial charge in [0.1, 0.15) is 0 Å². The van der Waals surface area contributed by atoms with E-state index in [1.807, 2.05) is 36.9 Å². The molecule has 18 heavy (non-hydrogen) atoms. The molecule has 0 heterocycles. The van der Waals surface area contributed by atoms with Gasteiger partial charge in [0.05, 0.1) is 0 Å². The van der Waals surface area contributed by atoms with E-state index in [0.29, 0.717) is 0 Å². The molecule has 0 atom stereocenters. The molecule has 1 rings (SSSR count). The maximum Gasteiger partial charge on any atom is 0.251 e. The van der Waals surface area contributed by atoms with Crippen molar-refractivity contribution in [2.75, 3.05) is 18.6 Å². The van der Waals surface area contributed by atoms with Crippen LogP contribution in [0, 0.1) is 6.92 Å². The Balaban J connectivity index is 2.30. The predicted octanol–water partition coefficient (Wildman–Crippen LogP) is 4.02. The SMILES string of the molecule is CSCCCCCNC(=O)c1ccc(Br)c(C)c1. The lowest BCUT2D eigenvalue weighted by molar-refractivity contribution is 0.0953. The lowest BCUT2D eigenvalue weighted by atomic mass is 10.1. The second-order valence-electron chi connectivity index (χ2n) is 4.27. The van der Waals surface area contributed by atoms with Crippen molar-refractivity contribution in [1.29, 1.82) is 0 Å². The van der Waals surface area contributed by atoms with E-state index in [2.05, 4.69) is 27.5 Å². The lowest BCUT2D eigenvalue weighted by Crippen LogP contribution is -2.24. The van der Waals surface area contributed by atoms with Crippen LogP contribution in [0.3, 0.4) is 0 Å². The van der Waals surface area contributed by atoms with Crippen molar-refractivity contribution in [2.45, 2.75) is 26.2 Å². The zero-order valence-corrected chi connectivity index (χ0v) is 13.4. The third-order valence-corrected chi connectivity index (χ3v) is 4.32. The van der Waals surface area contributed by atoms with Gasteiger partial charge in [-0.15, -0.1) is 0 Å². The van der Waals surface area contributed by atoms with Crippen LogP contribution in [0.15, 0.2) is 22.7 Å². The van der Waals surface area contributed by atoms with E-state index in [9.17, 15) is 4.79 Å². The van der Waals surface area contributed by atoms with Crippen molar-refractivity contribution >= 4 is 33.6 Å². The first-order valence-electron chi connectivity index (χ1n) is 6.18. The van der Waals surface area contributed by atoms with Gasteiger partial charge in [-0.3, -0.25) is 4.79 Å². The van der Waals surface area contributed by atoms with E-state index in [1.54, 1.807) is 0 Å². The first-order valence-corrected chi connectivity index (χ1v) is 8.37. The fraction of sp³-hybridized carbons (Fsp3) is 0.500. The average molecular weight is 330 g/mol. The Morgan fingerprint density at radius 1 is 1.33 bits per heavy atom. The Morgan fingerprint density at radius 3 is 2.78 bits per heavy atom. The summed E-state index contributed by atoms with van der Waals surface area (Å²) in [5, 5.41) is 2.96. The Morgan fingerprint density at radius 2 is 2.11 bits per heavy atom. The van der Waals surface area contributed by atoms with Gasteiger partial charge in [0.25, 0.3) is 5.91 Å². The quantitative estimate of drug-likeness (QED) is 0.765. The molecular formula is C14H20BrNOS. The highest BCUT2D eigenvalue weighted by Crippen LogP contribution is 2.16. The first-order chi connectivity index (χ1) is 8.65. The highest BCUT2D eigenvalue weighted by Gasteiger charge is 2.05. The summed E-state index contributed by atoms with van der Waals surface area (Å²) >= 11 is 5.31. The minimum absolute atomic E-state index is 0.0236. The largest absolute Gasteiger partial charge is 0.352 e. The monoisotopic (exact) mass is 329 g/mol. The van der Waals surface area contributed by atoms with Crippen LogP contribution in [0.5, 0.6) is 0 Å². The summed E-state index contributed by atoms with van der Waals surface area (Å²) in [6.07, 6.45) is 5.59. The molecule has 1 N–H and O–H groups in total. The van der Waals surface area contributed by atoms with Gasteiger partial charge in [0.2, 0.25) is 0 Å². The summed E-state index contributed by atoms with van der Waals surface area (Å²) in [7, 11) is 0. The lowest BCUT2D eigenvalue weighted by Gasteiger charge is -2.06. The van der Waals surface area contributed by atoms with Crippen LogP contribution in [0.1, 0.15) is 35.2 Å². The number of aryl methyl sites for hydroxylation is 1. The molecule has 0 unspecified atom stereocenters. The Hall–Kier alpha value is -0.480. The number of carbonyl (C=O) groups excluding carboxylic acids is 1. The summed E-state index contributed by atoms with van der Waals surface area (Å²) in [5.41, 5.74) is 1.82. The molecule has 0 bridgehead atoms. The van der Waals surface area contributed by atoms with E-state index in [4.69, 9.17) is 0 Å². The number of hydrogen-bond donors (Lipinski definition) is 1. The molecule has 1 aromatic rings. The van der Waals surface area contributed by atoms with Crippen molar-refractivity contribution in [1.82, 2.24) is 5.32 Å². The van der Waals surface area contributed by atoms with Crippen molar-refractivity contribution in [3.05, 3.63) is 33.8 Å². The van der Waals surface area contributed by atoms with E-state index in [-0.39, 0.29) is 5.91 Å². The minimum atomic E-state index is 0.0236. The molecule has 2 nitrogen and oxygen atoms in total. The number of benzene rings is 1. The standard InChI is InChI=1S/C14H20BrNOS/c1-11-10-12(6-7-13(11)15)14(17)16-8-4-3-5-9-18-2/h6-7,10H,3-5,8-9H2,1-2H3,(H,16,17). The molecular weight excluding hydrogens is 310 g/mol. The number of hydrogen-bond acceptors (Lipinski definition) is 2. The second-order valence-corrected chi connectivity index (χ2v) is 6.11. The van der Waals surface area contributed by atoms with Crippen molar-refractivity contribution < 1.29 is 4.79 Å². The first kappa shape index (κ1) is 15.6. The van der Waals surface area contributed by atoms with Crippen LogP contribution in [0.25, 0.3) is 0 Å². The van der Waals surface area contributed by atoms with E-state index in [1.165, 1.54) is 18.6 Å². The van der Waals surface area contributed by atoms with Crippen LogP contribution in [-0.2, 0) is 0 Å². The molecule has 0 aromatic heterocycles. The van der Waals surface area contributed by atoms with Gasteiger partial charge in [-0.05, 0) is 55.5 Å². The number of nitrogens with one attached hydrogen (secondary N) is 1. The number of unbranched alkanes of at least 4 members (excludes halogenated alkanes) is 2. The van der Waals surface area contributed by atoms with Crippen LogP contribution in [0.4, 0.5) is 0 Å². The van der Waals surface area contributed by atoms with Gasteiger partial charge < -0.3 is 5.32 Å². The number of rotatable bonds is 7. The molecule has 100 valence electrons. The van der Waals surface area contributed by atoms with Gasteiger partial charge in [-0.1, -0.05) is 22.4 Å². The van der Waals surface area contributed by atoms with E-state index in [0.717, 1.165) is 28.6 Å². The molecule has 0 spiro atoms. The smallest absolute Gasteiger partial charge is 0.251 e. The van der Waals surface area contributed by atoms with E-state index < -0.39 is 0 Å². The molecule has 1 aromatic carbocycles. The summed E-state index contributed by atoms with van der Waals surface area (Å²) in [6, 6.07) is 5.68. The van der Waals surface area contributed by atoms with Gasteiger partial charge in [-0.2, -0.15) is 11.8 Å². The molecule has 1 amide bonds. The normalized spacial score (nSPS) is 10.4. The predicted molar refractivity (Wildman–Crippen MR) is 83.4 cm³/mol. The fourth-order valence-corrected chi connectivity index (χ4v) is 2.38. The Kier molecular flexibility index (Phi) is 7.44. The third kappa shape index (κ3) is 5.44. The van der Waals surface area contributed by atoms with Crippen LogP contribution in [-0.4, -0.2) is 24.5 Å². The Labute approximate surface area is 122 Å². The van der Waals surface area contributed by atoms with Gasteiger partial charge >= 0.3 is 0 Å². The maximum atomic E-state index is 11.9. The van der Waals surface area contributed by atoms with Gasteiger partial charge in [0.15, 0.2) is 0 Å². The molecule has 0 fully saturated rings. The maximum absolute atomic E-state index is 11.9. The zero-order chi connectivity index (χ0) is 13.4. The van der Waals surface area contributed by atoms with Crippen LogP contribution < -0.4 is 5.32 Å². The van der Waals surface area contributed by atoms with Crippen LogP contribution >= 0.6 is 27.7 Å². The van der Waals surface area contributed by atoms with Crippen molar-refractivity contribution in [3.8, 4) is 0 Å². The van der Waals surface area contributed by atoms with Crippen LogP contribution in [0.2, 0.25) is 0 Å². The number of halogens is 1. The molecule has 4 heteroatoms. The average Bonchev–Trinajstić information content (AvgIpc) is 2.36.